The van der Waals surface area contributed by atoms with Gasteiger partial charge in [-0.15, -0.1) is 11.3 Å². The Bertz CT molecular complexity index is 734. The molecule has 0 aliphatic carbocycles. The number of hydrogen-bond acceptors (Lipinski definition) is 7. The predicted octanol–water partition coefficient (Wildman–Crippen LogP) is 3.14. The first-order chi connectivity index (χ1) is 11.1. The smallest absolute Gasteiger partial charge is 0.299 e. The van der Waals surface area contributed by atoms with Gasteiger partial charge >= 0.3 is 0 Å². The molecule has 1 fully saturated rings. The van der Waals surface area contributed by atoms with E-state index < -0.39 is 9.85 Å². The Hall–Kier alpha value is -2.52. The third kappa shape index (κ3) is 3.15. The van der Waals surface area contributed by atoms with E-state index in [0.29, 0.717) is 25.4 Å². The maximum atomic E-state index is 11.3. The lowest BCUT2D eigenvalue weighted by molar-refractivity contribution is -0.393. The summed E-state index contributed by atoms with van der Waals surface area (Å²) in [7, 11) is 0. The third-order valence-corrected chi connectivity index (χ3v) is 4.60. The number of rotatable bonds is 4. The topological polar surface area (TPSA) is 98.8 Å². The van der Waals surface area contributed by atoms with Crippen molar-refractivity contribution >= 4 is 28.4 Å². The van der Waals surface area contributed by atoms with E-state index in [1.807, 2.05) is 22.4 Å². The van der Waals surface area contributed by atoms with Crippen LogP contribution in [0.2, 0.25) is 0 Å². The molecular weight excluding hydrogens is 322 g/mol. The molecule has 8 nitrogen and oxygen atoms in total. The van der Waals surface area contributed by atoms with Crippen LogP contribution < -0.4 is 4.90 Å². The van der Waals surface area contributed by atoms with Crippen molar-refractivity contribution in [2.24, 2.45) is 0 Å². The zero-order chi connectivity index (χ0) is 16.4. The molecule has 120 valence electrons. The fraction of sp³-hybridized carbons (Fsp3) is 0.286. The van der Waals surface area contributed by atoms with Gasteiger partial charge in [0.1, 0.15) is 11.8 Å². The lowest BCUT2D eigenvalue weighted by Crippen LogP contribution is -2.38. The predicted molar refractivity (Wildman–Crippen MR) is 85.0 cm³/mol. The van der Waals surface area contributed by atoms with E-state index in [9.17, 15) is 20.2 Å². The van der Waals surface area contributed by atoms with Gasteiger partial charge in [0, 0.05) is 24.0 Å². The fourth-order valence-electron chi connectivity index (χ4n) is 2.55. The number of morpholine rings is 1. The summed E-state index contributed by atoms with van der Waals surface area (Å²) < 4.78 is 5.73. The number of thiophene rings is 1. The third-order valence-electron chi connectivity index (χ3n) is 3.63. The van der Waals surface area contributed by atoms with Crippen LogP contribution in [0, 0.1) is 20.2 Å². The molecule has 0 bridgehead atoms. The number of ether oxygens (including phenoxy) is 1. The highest BCUT2D eigenvalue weighted by Crippen LogP contribution is 2.35. The summed E-state index contributed by atoms with van der Waals surface area (Å²) in [5, 5.41) is 24.0. The zero-order valence-corrected chi connectivity index (χ0v) is 12.8. The highest BCUT2D eigenvalue weighted by molar-refractivity contribution is 7.10. The maximum absolute atomic E-state index is 11.3. The molecule has 1 atom stereocenters. The van der Waals surface area contributed by atoms with Crippen LogP contribution in [0.3, 0.4) is 0 Å². The minimum Gasteiger partial charge on any atom is -0.369 e. The Balaban J connectivity index is 1.91. The van der Waals surface area contributed by atoms with Crippen molar-refractivity contribution < 1.29 is 14.6 Å². The van der Waals surface area contributed by atoms with Crippen LogP contribution in [0.4, 0.5) is 17.1 Å². The van der Waals surface area contributed by atoms with Gasteiger partial charge in [0.15, 0.2) is 0 Å². The van der Waals surface area contributed by atoms with Crippen molar-refractivity contribution in [1.82, 2.24) is 0 Å². The largest absolute Gasteiger partial charge is 0.369 e. The number of non-ortho nitro benzene ring substituents is 1. The minimum atomic E-state index is -0.634. The molecule has 1 aliphatic heterocycles. The normalized spacial score (nSPS) is 17.9. The van der Waals surface area contributed by atoms with E-state index in [0.717, 1.165) is 10.9 Å². The second kappa shape index (κ2) is 6.31. The molecule has 0 spiro atoms. The van der Waals surface area contributed by atoms with Crippen molar-refractivity contribution in [2.75, 3.05) is 24.6 Å². The van der Waals surface area contributed by atoms with Gasteiger partial charge in [0.2, 0.25) is 0 Å². The first-order valence-electron chi connectivity index (χ1n) is 6.89. The Morgan fingerprint density at radius 2 is 2.04 bits per heavy atom. The van der Waals surface area contributed by atoms with Gasteiger partial charge < -0.3 is 9.64 Å². The van der Waals surface area contributed by atoms with Crippen LogP contribution in [0.15, 0.2) is 35.7 Å². The summed E-state index contributed by atoms with van der Waals surface area (Å²) in [4.78, 5) is 23.8. The van der Waals surface area contributed by atoms with E-state index in [2.05, 4.69) is 0 Å². The summed E-state index contributed by atoms with van der Waals surface area (Å²) in [5.41, 5.74) is -0.167. The molecule has 0 saturated carbocycles. The number of anilines is 1. The highest BCUT2D eigenvalue weighted by atomic mass is 32.1. The van der Waals surface area contributed by atoms with Gasteiger partial charge in [-0.2, -0.15) is 0 Å². The second-order valence-electron chi connectivity index (χ2n) is 5.01. The van der Waals surface area contributed by atoms with Gasteiger partial charge in [-0.1, -0.05) is 6.07 Å². The van der Waals surface area contributed by atoms with Gasteiger partial charge in [-0.25, -0.2) is 0 Å². The zero-order valence-electron chi connectivity index (χ0n) is 12.0. The van der Waals surface area contributed by atoms with Gasteiger partial charge in [0.05, 0.1) is 22.5 Å². The first kappa shape index (κ1) is 15.4. The van der Waals surface area contributed by atoms with Crippen molar-refractivity contribution in [1.29, 1.82) is 0 Å². The minimum absolute atomic E-state index is 0.154. The molecule has 0 N–H and O–H groups in total. The average Bonchev–Trinajstić information content (AvgIpc) is 3.09. The quantitative estimate of drug-likeness (QED) is 0.629. The Labute approximate surface area is 135 Å². The maximum Gasteiger partial charge on any atom is 0.299 e. The van der Waals surface area contributed by atoms with E-state index in [1.54, 1.807) is 11.3 Å². The summed E-state index contributed by atoms with van der Waals surface area (Å²) in [6.45, 7) is 1.41. The Morgan fingerprint density at radius 3 is 2.70 bits per heavy atom. The summed E-state index contributed by atoms with van der Waals surface area (Å²) in [6.07, 6.45) is -0.154. The van der Waals surface area contributed by atoms with Crippen LogP contribution in [0.5, 0.6) is 0 Å². The number of benzene rings is 1. The lowest BCUT2D eigenvalue weighted by Gasteiger charge is -2.33. The molecule has 2 aromatic rings. The summed E-state index contributed by atoms with van der Waals surface area (Å²) >= 11 is 1.57. The molecule has 9 heteroatoms. The SMILES string of the molecule is O=[N+]([O-])c1ccc(N2CCOC(c3cccs3)C2)c([N+](=O)[O-])c1. The molecule has 0 radical (unpaired) electrons. The molecule has 23 heavy (non-hydrogen) atoms. The number of nitro groups is 2. The lowest BCUT2D eigenvalue weighted by atomic mass is 10.1. The first-order valence-corrected chi connectivity index (χ1v) is 7.77. The number of nitrogens with zero attached hydrogens (tertiary/aromatic N) is 3. The molecule has 1 saturated heterocycles. The van der Waals surface area contributed by atoms with Gasteiger partial charge in [-0.3, -0.25) is 20.2 Å². The standard InChI is InChI=1S/C14H13N3O5S/c18-16(19)10-3-4-11(12(8-10)17(20)21)15-5-6-22-13(9-15)14-2-1-7-23-14/h1-4,7-8,13H,5-6,9H2. The van der Waals surface area contributed by atoms with Crippen LogP contribution in [0.25, 0.3) is 0 Å². The number of hydrogen-bond donors (Lipinski definition) is 0. The highest BCUT2D eigenvalue weighted by Gasteiger charge is 2.28. The number of nitro benzene ring substituents is 2. The molecule has 1 unspecified atom stereocenters. The van der Waals surface area contributed by atoms with Crippen molar-refractivity contribution in [3.63, 3.8) is 0 Å². The van der Waals surface area contributed by atoms with E-state index in [4.69, 9.17) is 4.74 Å². The molecule has 1 aliphatic rings. The summed E-state index contributed by atoms with van der Waals surface area (Å²) in [6, 6.07) is 7.62. The molecule has 0 amide bonds. The van der Waals surface area contributed by atoms with Gasteiger partial charge in [0.25, 0.3) is 11.4 Å². The van der Waals surface area contributed by atoms with Gasteiger partial charge in [-0.05, 0) is 17.5 Å². The summed E-state index contributed by atoms with van der Waals surface area (Å²) in [5.74, 6) is 0. The Morgan fingerprint density at radius 1 is 1.22 bits per heavy atom. The fourth-order valence-corrected chi connectivity index (χ4v) is 3.32. The van der Waals surface area contributed by atoms with Crippen LogP contribution in [0.1, 0.15) is 11.0 Å². The van der Waals surface area contributed by atoms with E-state index in [1.165, 1.54) is 12.1 Å². The van der Waals surface area contributed by atoms with Crippen molar-refractivity contribution in [3.05, 3.63) is 60.8 Å². The molecule has 2 heterocycles. The van der Waals surface area contributed by atoms with Crippen molar-refractivity contribution in [2.45, 2.75) is 6.10 Å². The molecular formula is C14H13N3O5S. The monoisotopic (exact) mass is 335 g/mol. The Kier molecular flexibility index (Phi) is 4.22. The average molecular weight is 335 g/mol. The molecule has 1 aromatic heterocycles. The molecule has 1 aromatic carbocycles. The van der Waals surface area contributed by atoms with Crippen molar-refractivity contribution in [3.8, 4) is 0 Å². The molecule has 3 rings (SSSR count). The van der Waals surface area contributed by atoms with E-state index >= 15 is 0 Å². The van der Waals surface area contributed by atoms with E-state index in [-0.39, 0.29) is 17.5 Å². The van der Waals surface area contributed by atoms with Crippen LogP contribution >= 0.6 is 11.3 Å². The van der Waals surface area contributed by atoms with Crippen LogP contribution in [-0.2, 0) is 4.74 Å². The van der Waals surface area contributed by atoms with Crippen LogP contribution in [-0.4, -0.2) is 29.5 Å². The second-order valence-corrected chi connectivity index (χ2v) is 5.99.